The largest absolute Gasteiger partial charge is 0.478 e. The molecule has 3 heterocycles. The highest BCUT2D eigenvalue weighted by Gasteiger charge is 2.10. The minimum atomic E-state index is -0.223. The first-order valence-corrected chi connectivity index (χ1v) is 6.48. The fraction of sp³-hybridized carbons (Fsp3) is 0.214. The number of nitrogens with one attached hydrogen (secondary N) is 1. The second kappa shape index (κ2) is 5.28. The maximum absolute atomic E-state index is 12.1. The zero-order valence-electron chi connectivity index (χ0n) is 11.7. The van der Waals surface area contributed by atoms with E-state index >= 15 is 0 Å². The van der Waals surface area contributed by atoms with Crippen molar-refractivity contribution in [3.8, 4) is 17.3 Å². The third-order valence-corrected chi connectivity index (χ3v) is 3.02. The highest BCUT2D eigenvalue weighted by atomic mass is 16.6. The van der Waals surface area contributed by atoms with E-state index in [0.717, 1.165) is 0 Å². The fourth-order valence-electron chi connectivity index (χ4n) is 2.04. The summed E-state index contributed by atoms with van der Waals surface area (Å²) >= 11 is 0. The summed E-state index contributed by atoms with van der Waals surface area (Å²) in [5.74, 6) is 0.963. The van der Waals surface area contributed by atoms with Gasteiger partial charge >= 0.3 is 0 Å². The van der Waals surface area contributed by atoms with Crippen molar-refractivity contribution >= 4 is 11.0 Å². The predicted octanol–water partition coefficient (Wildman–Crippen LogP) is 1.24. The zero-order chi connectivity index (χ0) is 14.8. The van der Waals surface area contributed by atoms with Crippen LogP contribution in [0.5, 0.6) is 5.88 Å². The van der Waals surface area contributed by atoms with Gasteiger partial charge in [0.15, 0.2) is 5.65 Å². The molecule has 3 aromatic rings. The Morgan fingerprint density at radius 2 is 2.19 bits per heavy atom. The molecule has 7 nitrogen and oxygen atoms in total. The second-order valence-electron chi connectivity index (χ2n) is 4.29. The molecule has 0 bridgehead atoms. The lowest BCUT2D eigenvalue weighted by Gasteiger charge is -2.05. The molecule has 0 fully saturated rings. The molecule has 0 aromatic carbocycles. The van der Waals surface area contributed by atoms with Gasteiger partial charge in [0.25, 0.3) is 5.56 Å². The monoisotopic (exact) mass is 286 g/mol. The van der Waals surface area contributed by atoms with Gasteiger partial charge in [0, 0.05) is 24.0 Å². The SMILES string of the molecule is CCOc1ccc(-c2nc3c(ccn3OC)c(=O)[nH]2)cn1. The molecule has 7 heteroatoms. The number of ether oxygens (including phenoxy) is 1. The van der Waals surface area contributed by atoms with Gasteiger partial charge in [0.05, 0.1) is 12.0 Å². The molecular formula is C14H14N4O3. The molecule has 0 atom stereocenters. The van der Waals surface area contributed by atoms with E-state index in [4.69, 9.17) is 9.57 Å². The van der Waals surface area contributed by atoms with Crippen molar-refractivity contribution in [1.29, 1.82) is 0 Å². The van der Waals surface area contributed by atoms with Crippen molar-refractivity contribution in [2.24, 2.45) is 0 Å². The molecule has 0 aliphatic rings. The molecule has 0 radical (unpaired) electrons. The number of aromatic amines is 1. The Bertz CT molecular complexity index is 820. The second-order valence-corrected chi connectivity index (χ2v) is 4.29. The van der Waals surface area contributed by atoms with Crippen molar-refractivity contribution in [2.75, 3.05) is 13.7 Å². The van der Waals surface area contributed by atoms with E-state index in [1.807, 2.05) is 6.92 Å². The van der Waals surface area contributed by atoms with Gasteiger partial charge < -0.3 is 14.6 Å². The molecule has 21 heavy (non-hydrogen) atoms. The van der Waals surface area contributed by atoms with Crippen molar-refractivity contribution < 1.29 is 9.57 Å². The minimum Gasteiger partial charge on any atom is -0.478 e. The van der Waals surface area contributed by atoms with Crippen LogP contribution in [0.3, 0.4) is 0 Å². The van der Waals surface area contributed by atoms with Crippen LogP contribution in [0, 0.1) is 0 Å². The van der Waals surface area contributed by atoms with Crippen molar-refractivity contribution in [3.05, 3.63) is 40.9 Å². The van der Waals surface area contributed by atoms with Crippen LogP contribution in [0.1, 0.15) is 6.92 Å². The number of fused-ring (bicyclic) bond motifs is 1. The first-order valence-electron chi connectivity index (χ1n) is 6.48. The highest BCUT2D eigenvalue weighted by Crippen LogP contribution is 2.18. The van der Waals surface area contributed by atoms with Crippen LogP contribution in [0.2, 0.25) is 0 Å². The van der Waals surface area contributed by atoms with E-state index in [-0.39, 0.29) is 5.56 Å². The Kier molecular flexibility index (Phi) is 3.31. The normalized spacial score (nSPS) is 10.8. The van der Waals surface area contributed by atoms with E-state index in [1.54, 1.807) is 30.6 Å². The third kappa shape index (κ3) is 2.33. The molecule has 0 aliphatic carbocycles. The van der Waals surface area contributed by atoms with Crippen LogP contribution in [-0.2, 0) is 0 Å². The van der Waals surface area contributed by atoms with E-state index < -0.39 is 0 Å². The highest BCUT2D eigenvalue weighted by molar-refractivity contribution is 5.76. The molecular weight excluding hydrogens is 272 g/mol. The van der Waals surface area contributed by atoms with Gasteiger partial charge in [-0.1, -0.05) is 0 Å². The molecule has 0 aliphatic heterocycles. The first kappa shape index (κ1) is 13.2. The summed E-state index contributed by atoms with van der Waals surface area (Å²) in [4.78, 5) is 28.5. The average Bonchev–Trinajstić information content (AvgIpc) is 2.92. The molecule has 3 rings (SSSR count). The molecule has 0 saturated carbocycles. The van der Waals surface area contributed by atoms with Gasteiger partial charge in [-0.2, -0.15) is 4.73 Å². The Hall–Kier alpha value is -2.83. The third-order valence-electron chi connectivity index (χ3n) is 3.02. The molecule has 108 valence electrons. The number of nitrogens with zero attached hydrogens (tertiary/aromatic N) is 3. The smallest absolute Gasteiger partial charge is 0.260 e. The summed E-state index contributed by atoms with van der Waals surface area (Å²) in [5.41, 5.74) is 0.936. The van der Waals surface area contributed by atoms with Crippen LogP contribution >= 0.6 is 0 Å². The van der Waals surface area contributed by atoms with Gasteiger partial charge in [-0.15, -0.1) is 0 Å². The maximum Gasteiger partial charge on any atom is 0.260 e. The van der Waals surface area contributed by atoms with Gasteiger partial charge in [0.1, 0.15) is 12.9 Å². The van der Waals surface area contributed by atoms with E-state index in [1.165, 1.54) is 11.8 Å². The van der Waals surface area contributed by atoms with Crippen LogP contribution in [0.15, 0.2) is 35.4 Å². The quantitative estimate of drug-likeness (QED) is 0.780. The van der Waals surface area contributed by atoms with Crippen LogP contribution in [-0.4, -0.2) is 33.4 Å². The van der Waals surface area contributed by atoms with E-state index in [9.17, 15) is 4.79 Å². The zero-order valence-corrected chi connectivity index (χ0v) is 11.7. The molecule has 0 amide bonds. The van der Waals surface area contributed by atoms with E-state index in [2.05, 4.69) is 15.0 Å². The lowest BCUT2D eigenvalue weighted by Crippen LogP contribution is -2.12. The van der Waals surface area contributed by atoms with Crippen LogP contribution in [0.4, 0.5) is 0 Å². The number of H-pyrrole nitrogens is 1. The summed E-state index contributed by atoms with van der Waals surface area (Å²) in [5, 5.41) is 0.472. The topological polar surface area (TPSA) is 82.0 Å². The molecule has 0 saturated heterocycles. The van der Waals surface area contributed by atoms with E-state index in [0.29, 0.717) is 34.9 Å². The number of hydrogen-bond acceptors (Lipinski definition) is 5. The summed E-state index contributed by atoms with van der Waals surface area (Å²) in [6.07, 6.45) is 3.25. The minimum absolute atomic E-state index is 0.223. The number of rotatable bonds is 4. The van der Waals surface area contributed by atoms with Crippen LogP contribution < -0.4 is 15.1 Å². The lowest BCUT2D eigenvalue weighted by atomic mass is 10.2. The Balaban J connectivity index is 2.09. The first-order chi connectivity index (χ1) is 10.2. The Morgan fingerprint density at radius 3 is 2.86 bits per heavy atom. The van der Waals surface area contributed by atoms with Gasteiger partial charge in [0.2, 0.25) is 5.88 Å². The molecule has 0 unspecified atom stereocenters. The number of pyridine rings is 1. The summed E-state index contributed by atoms with van der Waals surface area (Å²) in [7, 11) is 1.51. The number of hydrogen-bond donors (Lipinski definition) is 1. The average molecular weight is 286 g/mol. The Labute approximate surface area is 120 Å². The predicted molar refractivity (Wildman–Crippen MR) is 77.3 cm³/mol. The summed E-state index contributed by atoms with van der Waals surface area (Å²) < 4.78 is 6.73. The lowest BCUT2D eigenvalue weighted by molar-refractivity contribution is 0.177. The van der Waals surface area contributed by atoms with Crippen LogP contribution in [0.25, 0.3) is 22.4 Å². The molecule has 3 aromatic heterocycles. The molecule has 0 spiro atoms. The van der Waals surface area contributed by atoms with Crippen molar-refractivity contribution in [1.82, 2.24) is 19.7 Å². The standard InChI is InChI=1S/C14H14N4O3/c1-3-21-11-5-4-9(8-15-11)12-16-13-10(14(19)17-12)6-7-18(13)20-2/h4-8H,3H2,1-2H3,(H,16,17,19). The maximum atomic E-state index is 12.1. The molecule has 1 N–H and O–H groups in total. The van der Waals surface area contributed by atoms with Gasteiger partial charge in [-0.05, 0) is 19.1 Å². The van der Waals surface area contributed by atoms with Crippen molar-refractivity contribution in [3.63, 3.8) is 0 Å². The van der Waals surface area contributed by atoms with Gasteiger partial charge in [-0.3, -0.25) is 4.79 Å². The van der Waals surface area contributed by atoms with Gasteiger partial charge in [-0.25, -0.2) is 9.97 Å². The summed E-state index contributed by atoms with van der Waals surface area (Å²) in [6, 6.07) is 5.19. The Morgan fingerprint density at radius 1 is 1.33 bits per heavy atom. The number of aromatic nitrogens is 4. The van der Waals surface area contributed by atoms with Crippen molar-refractivity contribution in [2.45, 2.75) is 6.92 Å². The summed E-state index contributed by atoms with van der Waals surface area (Å²) in [6.45, 7) is 2.44. The fourth-order valence-corrected chi connectivity index (χ4v) is 2.04.